The zero-order chi connectivity index (χ0) is 78.3. The molecular weight excluding hydrogens is 1410 g/mol. The van der Waals surface area contributed by atoms with Gasteiger partial charge in [0, 0.05) is 90.7 Å². The van der Waals surface area contributed by atoms with Gasteiger partial charge in [-0.05, 0) is 278 Å². The minimum Gasteiger partial charge on any atom is -0.458 e. The van der Waals surface area contributed by atoms with Crippen molar-refractivity contribution in [3.8, 4) is 51.6 Å². The summed E-state index contributed by atoms with van der Waals surface area (Å²) in [5, 5.41) is 11.6. The number of aromatic nitrogens is 3. The van der Waals surface area contributed by atoms with Gasteiger partial charge in [-0.25, -0.2) is 0 Å². The van der Waals surface area contributed by atoms with E-state index in [1.807, 2.05) is 0 Å². The summed E-state index contributed by atoms with van der Waals surface area (Å²) in [6.45, 7) is 30.5. The van der Waals surface area contributed by atoms with Crippen molar-refractivity contribution >= 4 is 180 Å². The third-order valence-corrected chi connectivity index (χ3v) is 26.4. The molecule has 0 saturated heterocycles. The standard InChI is InChI=1S/C104H81B3N6O3/c1-53-15-23-84-70(35-53)71-36-54(2)16-24-85(71)109(84)67-43-83-100-97(46-67)114-94-29-21-59(7)41-79(94)105(100)76-49-77-90(51-82(76)108-83)112(103-63(11)31-61(9)32-64(103)12)92-44-69(111-88-27-19-57(5)39-74(88)75-40-58(6)20-28-89(75)111)48-99-102(92)107(77)81-50-78-91(52-96(81)116-99)113(104-65(13)33-62(10)34-66(104)14)93-45-68(47-98-101(93)106(78)80-42-60(8)22-30-95(80)115-98)110-86-25-17-55(3)37-72(86)73-38-56(4)18-26-87(73)110/h15-52,108H,1-14H3. The Morgan fingerprint density at radius 1 is 0.224 bits per heavy atom. The van der Waals surface area contributed by atoms with Crippen LogP contribution in [0.5, 0.6) is 34.5 Å². The van der Waals surface area contributed by atoms with E-state index in [0.717, 1.165) is 163 Å². The summed E-state index contributed by atoms with van der Waals surface area (Å²) in [5.74, 6) is 5.05. The van der Waals surface area contributed by atoms with Gasteiger partial charge in [-0.3, -0.25) is 0 Å². The van der Waals surface area contributed by atoms with Crippen LogP contribution in [0.3, 0.4) is 0 Å². The Morgan fingerprint density at radius 3 is 0.922 bits per heavy atom. The number of hydrogen-bond acceptors (Lipinski definition) is 6. The molecule has 116 heavy (non-hydrogen) atoms. The molecule has 3 aromatic heterocycles. The van der Waals surface area contributed by atoms with Crippen molar-refractivity contribution in [2.75, 3.05) is 15.1 Å². The minimum absolute atomic E-state index is 0.209. The van der Waals surface area contributed by atoms with E-state index in [2.05, 4.69) is 356 Å². The highest BCUT2D eigenvalue weighted by Gasteiger charge is 2.50. The Labute approximate surface area is 675 Å². The van der Waals surface area contributed by atoms with Gasteiger partial charge in [0.05, 0.1) is 61.5 Å². The van der Waals surface area contributed by atoms with Gasteiger partial charge in [0.15, 0.2) is 0 Å². The first kappa shape index (κ1) is 67.2. The number of aryl methyl sites for hydroxylation is 14. The molecule has 0 amide bonds. The molecule has 12 heteroatoms. The topological polar surface area (TPSA) is 61.0 Å². The SMILES string of the molecule is Cc1cc(C)c(N2c3cc4c(cc3B3c5cc6c(cc5Oc5cc(-n7c8ccc(C)cc8c8cc(C)ccc87)cc2c53)N(c2c(C)cc(C)cc2C)c2cc(-n3c5ccc(C)cc5c5cc(C)ccc53)cc3c2B6c2cc(C)ccc2O3)B2c3cc(C)ccc3Oc3cc(-n5c6ccc(C)cc6c6cc(C)ccc65)cc(c32)N4)c(C)c1. The number of anilines is 8. The zero-order valence-corrected chi connectivity index (χ0v) is 67.6. The van der Waals surface area contributed by atoms with Crippen molar-refractivity contribution < 1.29 is 14.2 Å². The van der Waals surface area contributed by atoms with Crippen LogP contribution in [0.25, 0.3) is 82.5 Å². The van der Waals surface area contributed by atoms with E-state index in [0.29, 0.717) is 0 Å². The van der Waals surface area contributed by atoms with Gasteiger partial charge in [-0.2, -0.15) is 0 Å². The lowest BCUT2D eigenvalue weighted by Crippen LogP contribution is -2.65. The van der Waals surface area contributed by atoms with Gasteiger partial charge < -0.3 is 43.0 Å². The molecular formula is C104H81B3N6O3. The lowest BCUT2D eigenvalue weighted by molar-refractivity contribution is 0.486. The monoisotopic (exact) mass is 1490 g/mol. The van der Waals surface area contributed by atoms with Crippen LogP contribution in [-0.4, -0.2) is 33.8 Å². The van der Waals surface area contributed by atoms with Crippen molar-refractivity contribution in [3.05, 3.63) is 308 Å². The summed E-state index contributed by atoms with van der Waals surface area (Å²) in [6.07, 6.45) is 0. The number of benzene rings is 15. The van der Waals surface area contributed by atoms with E-state index >= 15 is 0 Å². The molecule has 1 N–H and O–H groups in total. The third-order valence-electron chi connectivity index (χ3n) is 26.4. The van der Waals surface area contributed by atoms with Gasteiger partial charge in [-0.1, -0.05) is 153 Å². The van der Waals surface area contributed by atoms with Crippen molar-refractivity contribution in [2.45, 2.75) is 96.9 Å². The second kappa shape index (κ2) is 23.7. The van der Waals surface area contributed by atoms with Crippen LogP contribution < -0.4 is 78.5 Å². The molecule has 0 saturated carbocycles. The molecule has 15 aromatic carbocycles. The first-order valence-electron chi connectivity index (χ1n) is 40.9. The van der Waals surface area contributed by atoms with Gasteiger partial charge in [0.25, 0.3) is 20.1 Å². The van der Waals surface area contributed by atoms with Gasteiger partial charge in [0.2, 0.25) is 0 Å². The van der Waals surface area contributed by atoms with E-state index in [9.17, 15) is 0 Å². The molecule has 0 fully saturated rings. The van der Waals surface area contributed by atoms with Crippen molar-refractivity contribution in [3.63, 3.8) is 0 Å². The fourth-order valence-corrected chi connectivity index (χ4v) is 21.8. The van der Waals surface area contributed by atoms with Crippen molar-refractivity contribution in [2.24, 2.45) is 0 Å². The Bertz CT molecular complexity index is 7420. The van der Waals surface area contributed by atoms with Crippen LogP contribution in [0.15, 0.2) is 231 Å². The molecule has 6 aliphatic heterocycles. The summed E-state index contributed by atoms with van der Waals surface area (Å²) >= 11 is 0. The Hall–Kier alpha value is -13.3. The second-order valence-electron chi connectivity index (χ2n) is 34.7. The number of nitrogens with one attached hydrogen (secondary N) is 1. The van der Waals surface area contributed by atoms with Crippen molar-refractivity contribution in [1.82, 2.24) is 13.7 Å². The number of rotatable bonds is 5. The second-order valence-corrected chi connectivity index (χ2v) is 34.7. The summed E-state index contributed by atoms with van der Waals surface area (Å²) in [7, 11) is 0. The summed E-state index contributed by atoms with van der Waals surface area (Å²) in [5.41, 5.74) is 45.9. The molecule has 9 nitrogen and oxygen atoms in total. The third kappa shape index (κ3) is 9.38. The fourth-order valence-electron chi connectivity index (χ4n) is 21.8. The molecule has 0 unspecified atom stereocenters. The van der Waals surface area contributed by atoms with E-state index in [1.54, 1.807) is 0 Å². The maximum Gasteiger partial charge on any atom is 0.256 e. The zero-order valence-electron chi connectivity index (χ0n) is 67.6. The lowest BCUT2D eigenvalue weighted by Gasteiger charge is -2.45. The summed E-state index contributed by atoms with van der Waals surface area (Å²) in [4.78, 5) is 5.21. The average Bonchev–Trinajstić information content (AvgIpc) is 1.08. The Kier molecular flexibility index (Phi) is 13.7. The molecule has 0 aliphatic carbocycles. The smallest absolute Gasteiger partial charge is 0.256 e. The van der Waals surface area contributed by atoms with E-state index in [-0.39, 0.29) is 20.1 Å². The predicted octanol–water partition coefficient (Wildman–Crippen LogP) is 20.8. The average molecular weight is 1500 g/mol. The minimum atomic E-state index is -0.351. The molecule has 9 heterocycles. The van der Waals surface area contributed by atoms with E-state index in [1.165, 1.54) is 127 Å². The van der Waals surface area contributed by atoms with Gasteiger partial charge in [-0.15, -0.1) is 0 Å². The molecule has 24 rings (SSSR count). The summed E-state index contributed by atoms with van der Waals surface area (Å²) in [6, 6.07) is 88.9. The molecule has 0 radical (unpaired) electrons. The summed E-state index contributed by atoms with van der Waals surface area (Å²) < 4.78 is 30.5. The maximum atomic E-state index is 8.18. The van der Waals surface area contributed by atoms with Crippen LogP contribution in [0.4, 0.5) is 45.5 Å². The van der Waals surface area contributed by atoms with E-state index < -0.39 is 0 Å². The van der Waals surface area contributed by atoms with Gasteiger partial charge >= 0.3 is 0 Å². The number of ether oxygens (including phenoxy) is 3. The number of nitrogens with zero attached hydrogens (tertiary/aromatic N) is 5. The number of fused-ring (bicyclic) bond motifs is 21. The quantitative estimate of drug-likeness (QED) is 0.173. The Morgan fingerprint density at radius 2 is 0.534 bits per heavy atom. The van der Waals surface area contributed by atoms with Crippen LogP contribution in [0, 0.1) is 96.9 Å². The fraction of sp³-hybridized carbons (Fsp3) is 0.135. The maximum absolute atomic E-state index is 8.18. The molecule has 18 aromatic rings. The number of hydrogen-bond donors (Lipinski definition) is 1. The highest BCUT2D eigenvalue weighted by atomic mass is 16.5. The van der Waals surface area contributed by atoms with Crippen LogP contribution in [0.2, 0.25) is 0 Å². The van der Waals surface area contributed by atoms with Crippen LogP contribution >= 0.6 is 0 Å². The molecule has 0 bridgehead atoms. The lowest BCUT2D eigenvalue weighted by atomic mass is 9.29. The van der Waals surface area contributed by atoms with Gasteiger partial charge in [0.1, 0.15) is 34.5 Å². The largest absolute Gasteiger partial charge is 0.458 e. The highest BCUT2D eigenvalue weighted by Crippen LogP contribution is 2.52. The van der Waals surface area contributed by atoms with Crippen molar-refractivity contribution in [1.29, 1.82) is 0 Å². The predicted molar refractivity (Wildman–Crippen MR) is 488 cm³/mol. The normalized spacial score (nSPS) is 13.6. The molecule has 554 valence electrons. The van der Waals surface area contributed by atoms with E-state index in [4.69, 9.17) is 14.2 Å². The van der Waals surface area contributed by atoms with Crippen LogP contribution in [-0.2, 0) is 0 Å². The highest BCUT2D eigenvalue weighted by molar-refractivity contribution is 7.03. The first-order chi connectivity index (χ1) is 56.2. The molecule has 0 spiro atoms. The first-order valence-corrected chi connectivity index (χ1v) is 40.9. The molecule has 0 atom stereocenters. The van der Waals surface area contributed by atoms with Crippen LogP contribution in [0.1, 0.15) is 77.9 Å². The Balaban J connectivity index is 0.806. The molecule has 6 aliphatic rings.